The summed E-state index contributed by atoms with van der Waals surface area (Å²) in [6, 6.07) is 20.7. The number of ether oxygens (including phenoxy) is 3. The molecule has 0 aromatic heterocycles. The summed E-state index contributed by atoms with van der Waals surface area (Å²) in [5.41, 5.74) is 2.94. The minimum Gasteiger partial charge on any atom is -0.495 e. The highest BCUT2D eigenvalue weighted by Gasteiger charge is 2.35. The molecule has 6 heteroatoms. The second-order valence-corrected chi connectivity index (χ2v) is 6.78. The Balaban J connectivity index is 1.86. The summed E-state index contributed by atoms with van der Waals surface area (Å²) < 4.78 is 16.7. The molecule has 154 valence electrons. The van der Waals surface area contributed by atoms with Gasteiger partial charge in [0, 0.05) is 5.69 Å². The van der Waals surface area contributed by atoms with Gasteiger partial charge in [-0.05, 0) is 48.9 Å². The van der Waals surface area contributed by atoms with Crippen molar-refractivity contribution in [1.29, 1.82) is 0 Å². The first-order valence-electron chi connectivity index (χ1n) is 9.80. The van der Waals surface area contributed by atoms with Gasteiger partial charge in [0.05, 0.1) is 32.1 Å². The standard InChI is InChI=1S/C24H24N2O4/c1-4-30-21-14-13-16(15-22(21)29-3)23-25-18-10-6-5-9-17(18)24(27)26(23)19-11-7-8-12-20(19)28-2/h5-15,23,25H,4H2,1-3H3/t23-/m0/s1. The van der Waals surface area contributed by atoms with Crippen LogP contribution in [0.15, 0.2) is 66.7 Å². The van der Waals surface area contributed by atoms with Crippen molar-refractivity contribution in [2.75, 3.05) is 31.0 Å². The molecule has 0 saturated carbocycles. The van der Waals surface area contributed by atoms with Crippen molar-refractivity contribution in [2.45, 2.75) is 13.1 Å². The van der Waals surface area contributed by atoms with Crippen molar-refractivity contribution >= 4 is 17.3 Å². The number of carbonyl (C=O) groups excluding carboxylic acids is 1. The van der Waals surface area contributed by atoms with Crippen LogP contribution in [0.25, 0.3) is 0 Å². The SMILES string of the molecule is CCOc1ccc([C@H]2Nc3ccccc3C(=O)N2c2ccccc2OC)cc1OC. The molecule has 6 nitrogen and oxygen atoms in total. The highest BCUT2D eigenvalue weighted by Crippen LogP contribution is 2.42. The van der Waals surface area contributed by atoms with Crippen molar-refractivity contribution in [1.82, 2.24) is 0 Å². The number of nitrogens with zero attached hydrogens (tertiary/aromatic N) is 1. The van der Waals surface area contributed by atoms with E-state index in [2.05, 4.69) is 5.32 Å². The van der Waals surface area contributed by atoms with Crippen molar-refractivity contribution in [3.05, 3.63) is 77.9 Å². The number of amides is 1. The van der Waals surface area contributed by atoms with Gasteiger partial charge >= 0.3 is 0 Å². The van der Waals surface area contributed by atoms with Crippen molar-refractivity contribution in [3.63, 3.8) is 0 Å². The largest absolute Gasteiger partial charge is 0.495 e. The number of methoxy groups -OCH3 is 2. The molecule has 0 aliphatic carbocycles. The quantitative estimate of drug-likeness (QED) is 0.635. The highest BCUT2D eigenvalue weighted by molar-refractivity contribution is 6.12. The zero-order valence-corrected chi connectivity index (χ0v) is 17.2. The van der Waals surface area contributed by atoms with Crippen LogP contribution in [0.3, 0.4) is 0 Å². The molecule has 0 unspecified atom stereocenters. The van der Waals surface area contributed by atoms with Gasteiger partial charge in [-0.25, -0.2) is 0 Å². The first kappa shape index (κ1) is 19.6. The van der Waals surface area contributed by atoms with Gasteiger partial charge in [-0.15, -0.1) is 0 Å². The predicted molar refractivity (Wildman–Crippen MR) is 117 cm³/mol. The van der Waals surface area contributed by atoms with E-state index in [1.54, 1.807) is 19.1 Å². The molecule has 3 aromatic carbocycles. The molecule has 1 atom stereocenters. The lowest BCUT2D eigenvalue weighted by Gasteiger charge is -2.38. The second kappa shape index (κ2) is 8.37. The van der Waals surface area contributed by atoms with E-state index in [0.29, 0.717) is 35.1 Å². The lowest BCUT2D eigenvalue weighted by atomic mass is 10.0. The van der Waals surface area contributed by atoms with Crippen molar-refractivity contribution in [2.24, 2.45) is 0 Å². The number of nitrogens with one attached hydrogen (secondary N) is 1. The summed E-state index contributed by atoms with van der Waals surface area (Å²) >= 11 is 0. The minimum absolute atomic E-state index is 0.105. The Kier molecular flexibility index (Phi) is 5.48. The fourth-order valence-corrected chi connectivity index (χ4v) is 3.69. The van der Waals surface area contributed by atoms with Crippen LogP contribution in [0, 0.1) is 0 Å². The third-order valence-electron chi connectivity index (χ3n) is 5.07. The summed E-state index contributed by atoms with van der Waals surface area (Å²) in [6.07, 6.45) is -0.451. The Labute approximate surface area is 176 Å². The lowest BCUT2D eigenvalue weighted by Crippen LogP contribution is -2.43. The monoisotopic (exact) mass is 404 g/mol. The highest BCUT2D eigenvalue weighted by atomic mass is 16.5. The Bertz CT molecular complexity index is 1070. The summed E-state index contributed by atoms with van der Waals surface area (Å²) in [7, 11) is 3.21. The maximum absolute atomic E-state index is 13.6. The number of rotatable bonds is 6. The van der Waals surface area contributed by atoms with Crippen LogP contribution < -0.4 is 24.4 Å². The maximum atomic E-state index is 13.6. The van der Waals surface area contributed by atoms with Gasteiger partial charge in [-0.2, -0.15) is 0 Å². The topological polar surface area (TPSA) is 60.0 Å². The fraction of sp³-hybridized carbons (Fsp3) is 0.208. The summed E-state index contributed by atoms with van der Waals surface area (Å²) in [5, 5.41) is 3.50. The van der Waals surface area contributed by atoms with E-state index in [9.17, 15) is 4.79 Å². The van der Waals surface area contributed by atoms with E-state index in [1.807, 2.05) is 73.7 Å². The second-order valence-electron chi connectivity index (χ2n) is 6.78. The van der Waals surface area contributed by atoms with Gasteiger partial charge in [0.15, 0.2) is 11.5 Å². The summed E-state index contributed by atoms with van der Waals surface area (Å²) in [6.45, 7) is 2.46. The number of benzene rings is 3. The van der Waals surface area contributed by atoms with E-state index in [1.165, 1.54) is 0 Å². The molecule has 1 amide bonds. The molecule has 1 aliphatic rings. The molecule has 0 bridgehead atoms. The number of hydrogen-bond acceptors (Lipinski definition) is 5. The first-order chi connectivity index (χ1) is 14.7. The molecular weight excluding hydrogens is 380 g/mol. The molecule has 30 heavy (non-hydrogen) atoms. The zero-order valence-electron chi connectivity index (χ0n) is 17.2. The molecule has 1 aliphatic heterocycles. The van der Waals surface area contributed by atoms with Crippen LogP contribution >= 0.6 is 0 Å². The summed E-state index contributed by atoms with van der Waals surface area (Å²) in [5.74, 6) is 1.79. The predicted octanol–water partition coefficient (Wildman–Crippen LogP) is 4.87. The molecule has 0 spiro atoms. The van der Waals surface area contributed by atoms with Gasteiger partial charge in [0.1, 0.15) is 11.9 Å². The molecule has 1 heterocycles. The number of carbonyl (C=O) groups is 1. The van der Waals surface area contributed by atoms with Gasteiger partial charge < -0.3 is 19.5 Å². The number of fused-ring (bicyclic) bond motifs is 1. The number of para-hydroxylation sites is 3. The van der Waals surface area contributed by atoms with E-state index in [4.69, 9.17) is 14.2 Å². The molecule has 0 radical (unpaired) electrons. The van der Waals surface area contributed by atoms with E-state index < -0.39 is 6.17 Å². The molecule has 0 saturated heterocycles. The van der Waals surface area contributed by atoms with Crippen molar-refractivity contribution in [3.8, 4) is 17.2 Å². The van der Waals surface area contributed by atoms with Crippen LogP contribution in [-0.2, 0) is 0 Å². The normalized spacial score (nSPS) is 15.2. The van der Waals surface area contributed by atoms with Crippen LogP contribution in [0.5, 0.6) is 17.2 Å². The Hall–Kier alpha value is -3.67. The van der Waals surface area contributed by atoms with Crippen LogP contribution in [-0.4, -0.2) is 26.7 Å². The zero-order chi connectivity index (χ0) is 21.1. The van der Waals surface area contributed by atoms with E-state index in [-0.39, 0.29) is 5.91 Å². The maximum Gasteiger partial charge on any atom is 0.262 e. The Morgan fingerprint density at radius 1 is 0.900 bits per heavy atom. The third kappa shape index (κ3) is 3.41. The Morgan fingerprint density at radius 3 is 2.40 bits per heavy atom. The number of anilines is 2. The molecule has 4 rings (SSSR count). The minimum atomic E-state index is -0.451. The average molecular weight is 404 g/mol. The van der Waals surface area contributed by atoms with Crippen LogP contribution in [0.4, 0.5) is 11.4 Å². The molecule has 3 aromatic rings. The number of hydrogen-bond donors (Lipinski definition) is 1. The van der Waals surface area contributed by atoms with E-state index >= 15 is 0 Å². The third-order valence-corrected chi connectivity index (χ3v) is 5.07. The molecule has 1 N–H and O–H groups in total. The molecule has 0 fully saturated rings. The van der Waals surface area contributed by atoms with Gasteiger partial charge in [0.25, 0.3) is 5.91 Å². The fourth-order valence-electron chi connectivity index (χ4n) is 3.69. The smallest absolute Gasteiger partial charge is 0.262 e. The van der Waals surface area contributed by atoms with Crippen molar-refractivity contribution < 1.29 is 19.0 Å². The van der Waals surface area contributed by atoms with Crippen LogP contribution in [0.1, 0.15) is 29.0 Å². The van der Waals surface area contributed by atoms with Gasteiger partial charge in [-0.3, -0.25) is 9.69 Å². The van der Waals surface area contributed by atoms with E-state index in [0.717, 1.165) is 11.3 Å². The first-order valence-corrected chi connectivity index (χ1v) is 9.80. The van der Waals surface area contributed by atoms with Gasteiger partial charge in [-0.1, -0.05) is 30.3 Å². The summed E-state index contributed by atoms with van der Waals surface area (Å²) in [4.78, 5) is 15.3. The molecular formula is C24H24N2O4. The van der Waals surface area contributed by atoms with Gasteiger partial charge in [0.2, 0.25) is 0 Å². The van der Waals surface area contributed by atoms with Crippen LogP contribution in [0.2, 0.25) is 0 Å². The lowest BCUT2D eigenvalue weighted by molar-refractivity contribution is 0.0974. The Morgan fingerprint density at radius 2 is 1.63 bits per heavy atom. The average Bonchev–Trinajstić information content (AvgIpc) is 2.79.